The van der Waals surface area contributed by atoms with Crippen LogP contribution in [0, 0.1) is 0 Å². The minimum absolute atomic E-state index is 0.0845. The summed E-state index contributed by atoms with van der Waals surface area (Å²) < 4.78 is 47.3. The summed E-state index contributed by atoms with van der Waals surface area (Å²) in [5.41, 5.74) is 0.800. The zero-order valence-electron chi connectivity index (χ0n) is 17.6. The Hall–Kier alpha value is -3.82. The van der Waals surface area contributed by atoms with Crippen LogP contribution in [-0.4, -0.2) is 34.4 Å². The molecule has 2 heterocycles. The van der Waals surface area contributed by atoms with E-state index in [1.807, 2.05) is 0 Å². The van der Waals surface area contributed by atoms with Crippen LogP contribution in [-0.2, 0) is 4.74 Å². The molecule has 1 aliphatic heterocycles. The van der Waals surface area contributed by atoms with Crippen LogP contribution in [0.15, 0.2) is 60.7 Å². The maximum atomic E-state index is 13.8. The van der Waals surface area contributed by atoms with Crippen molar-refractivity contribution in [1.82, 2.24) is 9.78 Å². The van der Waals surface area contributed by atoms with Crippen LogP contribution in [0.4, 0.5) is 24.7 Å². The van der Waals surface area contributed by atoms with E-state index in [-0.39, 0.29) is 35.8 Å². The van der Waals surface area contributed by atoms with Crippen molar-refractivity contribution in [3.8, 4) is 0 Å². The van der Waals surface area contributed by atoms with Gasteiger partial charge in [-0.1, -0.05) is 42.5 Å². The monoisotopic (exact) mass is 458 g/mol. The summed E-state index contributed by atoms with van der Waals surface area (Å²) in [6, 6.07) is 13.8. The molecule has 1 aliphatic rings. The van der Waals surface area contributed by atoms with Crippen molar-refractivity contribution in [2.75, 3.05) is 17.2 Å². The minimum Gasteiger partial charge on any atom is -0.462 e. The number of nitrogens with one attached hydrogen (secondary N) is 2. The first-order valence-electron chi connectivity index (χ1n) is 10.3. The van der Waals surface area contributed by atoms with E-state index in [2.05, 4.69) is 15.7 Å². The topological polar surface area (TPSA) is 85.2 Å². The Morgan fingerprint density at radius 1 is 1.15 bits per heavy atom. The molecule has 2 aromatic carbocycles. The molecule has 172 valence electrons. The van der Waals surface area contributed by atoms with Gasteiger partial charge in [0.15, 0.2) is 11.7 Å². The van der Waals surface area contributed by atoms with E-state index in [4.69, 9.17) is 4.74 Å². The van der Waals surface area contributed by atoms with Crippen LogP contribution in [0.2, 0.25) is 0 Å². The molecule has 1 amide bonds. The van der Waals surface area contributed by atoms with Crippen LogP contribution in [0.25, 0.3) is 0 Å². The number of amides is 1. The fourth-order valence-corrected chi connectivity index (χ4v) is 3.75. The smallest absolute Gasteiger partial charge is 0.410 e. The number of nitrogens with zero attached hydrogens (tertiary/aromatic N) is 2. The molecule has 1 aromatic heterocycles. The number of halogens is 3. The van der Waals surface area contributed by atoms with Crippen molar-refractivity contribution in [1.29, 1.82) is 0 Å². The summed E-state index contributed by atoms with van der Waals surface area (Å²) in [5, 5.41) is 9.53. The fourth-order valence-electron chi connectivity index (χ4n) is 3.75. The molecule has 0 aliphatic carbocycles. The first-order valence-corrected chi connectivity index (χ1v) is 10.3. The first-order chi connectivity index (χ1) is 15.8. The fraction of sp³-hybridized carbons (Fsp3) is 0.261. The van der Waals surface area contributed by atoms with Crippen LogP contribution in [0.3, 0.4) is 0 Å². The van der Waals surface area contributed by atoms with Gasteiger partial charge < -0.3 is 15.4 Å². The van der Waals surface area contributed by atoms with E-state index in [0.717, 1.165) is 4.68 Å². The quantitative estimate of drug-likeness (QED) is 0.527. The van der Waals surface area contributed by atoms with E-state index >= 15 is 0 Å². The standard InChI is InChI=1S/C23H21F3N4O3/c1-2-33-22(32)15-10-6-7-11-16(15)28-21(31)18-13-20-27-17(14-8-4-3-5-9-14)12-19(23(24,25)26)30(20)29-18/h3-11,13,17,19,27H,2,12H2,1H3,(H,28,31)/t17-,19+/m0/s1. The van der Waals surface area contributed by atoms with Crippen molar-refractivity contribution in [3.63, 3.8) is 0 Å². The van der Waals surface area contributed by atoms with Gasteiger partial charge in [-0.15, -0.1) is 0 Å². The number of para-hydroxylation sites is 1. The first kappa shape index (κ1) is 22.4. The highest BCUT2D eigenvalue weighted by Crippen LogP contribution is 2.43. The Morgan fingerprint density at radius 3 is 2.55 bits per heavy atom. The van der Waals surface area contributed by atoms with Crippen molar-refractivity contribution in [2.45, 2.75) is 31.6 Å². The normalized spacial score (nSPS) is 17.6. The lowest BCUT2D eigenvalue weighted by Crippen LogP contribution is -2.35. The highest BCUT2D eigenvalue weighted by atomic mass is 19.4. The molecular weight excluding hydrogens is 437 g/mol. The van der Waals surface area contributed by atoms with Gasteiger partial charge in [0.2, 0.25) is 0 Å². The number of ether oxygens (including phenoxy) is 1. The van der Waals surface area contributed by atoms with E-state index in [9.17, 15) is 22.8 Å². The lowest BCUT2D eigenvalue weighted by molar-refractivity contribution is -0.173. The Balaban J connectivity index is 1.63. The highest BCUT2D eigenvalue weighted by molar-refractivity contribution is 6.07. The molecule has 4 rings (SSSR count). The third kappa shape index (κ3) is 4.69. The summed E-state index contributed by atoms with van der Waals surface area (Å²) in [7, 11) is 0. The summed E-state index contributed by atoms with van der Waals surface area (Å²) in [6.07, 6.45) is -4.82. The largest absolute Gasteiger partial charge is 0.462 e. The van der Waals surface area contributed by atoms with E-state index in [1.54, 1.807) is 49.4 Å². The minimum atomic E-state index is -4.56. The Morgan fingerprint density at radius 2 is 1.85 bits per heavy atom. The second-order valence-electron chi connectivity index (χ2n) is 7.48. The van der Waals surface area contributed by atoms with E-state index < -0.39 is 30.1 Å². The van der Waals surface area contributed by atoms with Crippen LogP contribution >= 0.6 is 0 Å². The van der Waals surface area contributed by atoms with Crippen molar-refractivity contribution in [2.24, 2.45) is 0 Å². The Bertz CT molecular complexity index is 1160. The lowest BCUT2D eigenvalue weighted by Gasteiger charge is -2.33. The zero-order chi connectivity index (χ0) is 23.6. The molecule has 0 unspecified atom stereocenters. The SMILES string of the molecule is CCOC(=O)c1ccccc1NC(=O)c1cc2n(n1)[C@@H](C(F)(F)F)C[C@@H](c1ccccc1)N2. The summed E-state index contributed by atoms with van der Waals surface area (Å²) in [4.78, 5) is 25.0. The number of carbonyl (C=O) groups is 2. The predicted molar refractivity (Wildman–Crippen MR) is 115 cm³/mol. The number of rotatable bonds is 5. The van der Waals surface area contributed by atoms with Gasteiger partial charge in [-0.05, 0) is 24.6 Å². The third-order valence-electron chi connectivity index (χ3n) is 5.30. The zero-order valence-corrected chi connectivity index (χ0v) is 17.6. The highest BCUT2D eigenvalue weighted by Gasteiger charge is 2.46. The second-order valence-corrected chi connectivity index (χ2v) is 7.48. The van der Waals surface area contributed by atoms with Gasteiger partial charge in [0.1, 0.15) is 5.82 Å². The van der Waals surface area contributed by atoms with Crippen molar-refractivity contribution < 1.29 is 27.5 Å². The number of esters is 1. The number of aromatic nitrogens is 2. The molecule has 2 atom stereocenters. The number of carbonyl (C=O) groups excluding carboxylic acids is 2. The molecule has 0 saturated carbocycles. The molecule has 0 bridgehead atoms. The maximum Gasteiger partial charge on any atom is 0.410 e. The molecule has 7 nitrogen and oxygen atoms in total. The van der Waals surface area contributed by atoms with E-state index in [0.29, 0.717) is 5.56 Å². The lowest BCUT2D eigenvalue weighted by atomic mass is 9.97. The molecule has 3 aromatic rings. The average molecular weight is 458 g/mol. The van der Waals surface area contributed by atoms with E-state index in [1.165, 1.54) is 18.2 Å². The number of hydrogen-bond donors (Lipinski definition) is 2. The number of benzene rings is 2. The van der Waals surface area contributed by atoms with Gasteiger partial charge in [0, 0.05) is 12.5 Å². The Kier molecular flexibility index (Phi) is 6.08. The number of alkyl halides is 3. The molecule has 0 spiro atoms. The predicted octanol–water partition coefficient (Wildman–Crippen LogP) is 4.97. The average Bonchev–Trinajstić information content (AvgIpc) is 3.23. The molecule has 10 heteroatoms. The third-order valence-corrected chi connectivity index (χ3v) is 5.30. The number of anilines is 2. The van der Waals surface area contributed by atoms with Gasteiger partial charge >= 0.3 is 12.1 Å². The van der Waals surface area contributed by atoms with Crippen LogP contribution in [0.5, 0.6) is 0 Å². The number of fused-ring (bicyclic) bond motifs is 1. The van der Waals surface area contributed by atoms with Gasteiger partial charge in [-0.3, -0.25) is 4.79 Å². The Labute approximate surface area is 187 Å². The molecule has 0 saturated heterocycles. The summed E-state index contributed by atoms with van der Waals surface area (Å²) >= 11 is 0. The molecule has 2 N–H and O–H groups in total. The molecule has 0 fully saturated rings. The van der Waals surface area contributed by atoms with Gasteiger partial charge in [-0.25, -0.2) is 9.48 Å². The summed E-state index contributed by atoms with van der Waals surface area (Å²) in [6.45, 7) is 1.81. The van der Waals surface area contributed by atoms with Crippen LogP contribution in [0.1, 0.15) is 51.8 Å². The van der Waals surface area contributed by atoms with Crippen molar-refractivity contribution in [3.05, 3.63) is 77.5 Å². The van der Waals surface area contributed by atoms with Gasteiger partial charge in [-0.2, -0.15) is 18.3 Å². The van der Waals surface area contributed by atoms with Gasteiger partial charge in [0.25, 0.3) is 5.91 Å². The van der Waals surface area contributed by atoms with Gasteiger partial charge in [0.05, 0.1) is 23.9 Å². The van der Waals surface area contributed by atoms with Crippen molar-refractivity contribution >= 4 is 23.4 Å². The molecular formula is C23H21F3N4O3. The summed E-state index contributed by atoms with van der Waals surface area (Å²) in [5.74, 6) is -1.28. The second kappa shape index (κ2) is 8.97. The maximum absolute atomic E-state index is 13.8. The molecule has 33 heavy (non-hydrogen) atoms. The van der Waals surface area contributed by atoms with Crippen LogP contribution < -0.4 is 10.6 Å². The number of hydrogen-bond acceptors (Lipinski definition) is 5. The molecule has 0 radical (unpaired) electrons.